The summed E-state index contributed by atoms with van der Waals surface area (Å²) in [5.74, 6) is 0.606. The van der Waals surface area contributed by atoms with Crippen LogP contribution in [-0.2, 0) is 4.74 Å². The molecule has 1 aliphatic rings. The maximum Gasteiger partial charge on any atom is 0.193 e. The van der Waals surface area contributed by atoms with Gasteiger partial charge in [0.25, 0.3) is 0 Å². The third-order valence-electron chi connectivity index (χ3n) is 4.56. The van der Waals surface area contributed by atoms with Gasteiger partial charge < -0.3 is 34.7 Å². The number of fused-ring (bicyclic) bond motifs is 1. The second kappa shape index (κ2) is 9.27. The summed E-state index contributed by atoms with van der Waals surface area (Å²) in [6.45, 7) is -0.526. The van der Waals surface area contributed by atoms with E-state index in [1.807, 2.05) is 48.5 Å². The van der Waals surface area contributed by atoms with Crippen molar-refractivity contribution < 1.29 is 34.7 Å². The Morgan fingerprint density at radius 2 is 1.48 bits per heavy atom. The van der Waals surface area contributed by atoms with E-state index < -0.39 is 37.3 Å². The molecule has 1 unspecified atom stereocenters. The zero-order chi connectivity index (χ0) is 21.0. The van der Waals surface area contributed by atoms with Crippen LogP contribution in [0.5, 0.6) is 0 Å². The van der Waals surface area contributed by atoms with E-state index in [-0.39, 0.29) is 5.43 Å². The average molecular weight is 402 g/mol. The first kappa shape index (κ1) is 21.1. The molecule has 0 saturated carbocycles. The third kappa shape index (κ3) is 4.70. The first-order chi connectivity index (χ1) is 13.9. The Bertz CT molecular complexity index is 982. The largest absolute Gasteiger partial charge is 0.456 e. The number of hydrogen-bond acceptors (Lipinski definition) is 8. The fourth-order valence-corrected chi connectivity index (χ4v) is 2.93. The Morgan fingerprint density at radius 1 is 0.828 bits per heavy atom. The van der Waals surface area contributed by atoms with Crippen molar-refractivity contribution in [3.05, 3.63) is 70.9 Å². The zero-order valence-corrected chi connectivity index (χ0v) is 15.3. The molecule has 8 heteroatoms. The van der Waals surface area contributed by atoms with Gasteiger partial charge in [0.15, 0.2) is 11.7 Å². The van der Waals surface area contributed by atoms with Crippen molar-refractivity contribution in [2.24, 2.45) is 0 Å². The van der Waals surface area contributed by atoms with Gasteiger partial charge in [-0.05, 0) is 12.1 Å². The van der Waals surface area contributed by atoms with Crippen LogP contribution in [0.3, 0.4) is 0 Å². The minimum absolute atomic E-state index is 0.00861. The standard InChI is InChI=1S/C15H10O2.C6H12O6/c16-13-10-15(11-6-2-1-3-7-11)17-14-9-5-4-8-12(13)14;7-1-2-3(8)4(9)5(10)6(11)12-2/h1-10H;2-11H,1H2/t;2-,3-,4+,5-,6?/m.1/s1. The summed E-state index contributed by atoms with van der Waals surface area (Å²) in [5, 5.41) is 45.3. The van der Waals surface area contributed by atoms with Gasteiger partial charge in [-0.1, -0.05) is 42.5 Å². The molecule has 0 amide bonds. The summed E-state index contributed by atoms with van der Waals surface area (Å²) in [5.41, 5.74) is 1.53. The Labute approximate surface area is 165 Å². The van der Waals surface area contributed by atoms with E-state index >= 15 is 0 Å². The number of rotatable bonds is 2. The van der Waals surface area contributed by atoms with Crippen LogP contribution in [0.15, 0.2) is 69.9 Å². The lowest BCUT2D eigenvalue weighted by molar-refractivity contribution is -0.286. The molecule has 5 N–H and O–H groups in total. The fraction of sp³-hybridized carbons (Fsp3) is 0.286. The topological polar surface area (TPSA) is 141 Å². The molecule has 0 spiro atoms. The van der Waals surface area contributed by atoms with Crippen molar-refractivity contribution in [1.82, 2.24) is 0 Å². The number of ether oxygens (including phenoxy) is 1. The van der Waals surface area contributed by atoms with Crippen LogP contribution in [0.2, 0.25) is 0 Å². The summed E-state index contributed by atoms with van der Waals surface area (Å²) < 4.78 is 10.3. The van der Waals surface area contributed by atoms with Crippen molar-refractivity contribution in [1.29, 1.82) is 0 Å². The highest BCUT2D eigenvalue weighted by atomic mass is 16.6. The van der Waals surface area contributed by atoms with Gasteiger partial charge in [-0.3, -0.25) is 4.79 Å². The number of hydrogen-bond donors (Lipinski definition) is 5. The molecule has 2 aromatic carbocycles. The van der Waals surface area contributed by atoms with Gasteiger partial charge in [0, 0.05) is 11.6 Å². The smallest absolute Gasteiger partial charge is 0.193 e. The molecule has 0 aliphatic carbocycles. The van der Waals surface area contributed by atoms with Crippen molar-refractivity contribution in [3.63, 3.8) is 0 Å². The van der Waals surface area contributed by atoms with E-state index in [4.69, 9.17) is 29.9 Å². The number of benzene rings is 2. The van der Waals surface area contributed by atoms with Crippen molar-refractivity contribution in [2.75, 3.05) is 6.61 Å². The molecule has 154 valence electrons. The van der Waals surface area contributed by atoms with Gasteiger partial charge in [0.1, 0.15) is 35.8 Å². The maximum absolute atomic E-state index is 11.9. The molecule has 29 heavy (non-hydrogen) atoms. The monoisotopic (exact) mass is 402 g/mol. The van der Waals surface area contributed by atoms with Crippen LogP contribution in [0.25, 0.3) is 22.3 Å². The van der Waals surface area contributed by atoms with Crippen molar-refractivity contribution >= 4 is 11.0 Å². The van der Waals surface area contributed by atoms with E-state index in [1.165, 1.54) is 6.07 Å². The summed E-state index contributed by atoms with van der Waals surface area (Å²) in [7, 11) is 0. The van der Waals surface area contributed by atoms with E-state index in [0.29, 0.717) is 16.7 Å². The summed E-state index contributed by atoms with van der Waals surface area (Å²) in [6.07, 6.45) is -7.04. The zero-order valence-electron chi connectivity index (χ0n) is 15.3. The number of para-hydroxylation sites is 1. The molecule has 8 nitrogen and oxygen atoms in total. The van der Waals surface area contributed by atoms with Gasteiger partial charge in [0.05, 0.1) is 12.0 Å². The molecule has 0 radical (unpaired) electrons. The second-order valence-corrected chi connectivity index (χ2v) is 6.56. The third-order valence-corrected chi connectivity index (χ3v) is 4.56. The van der Waals surface area contributed by atoms with E-state index in [2.05, 4.69) is 4.74 Å². The second-order valence-electron chi connectivity index (χ2n) is 6.56. The Morgan fingerprint density at radius 3 is 2.17 bits per heavy atom. The molecule has 1 aliphatic heterocycles. The van der Waals surface area contributed by atoms with E-state index in [0.717, 1.165) is 5.56 Å². The lowest BCUT2D eigenvalue weighted by atomic mass is 10.00. The SMILES string of the molecule is O=c1cc(-c2ccccc2)oc2ccccc12.OC[C@H]1OC(O)[C@H](O)[C@@H](O)[C@@H]1O. The van der Waals surface area contributed by atoms with Crippen LogP contribution in [0.4, 0.5) is 0 Å². The molecule has 3 aromatic rings. The van der Waals surface area contributed by atoms with Crippen molar-refractivity contribution in [2.45, 2.75) is 30.7 Å². The minimum Gasteiger partial charge on any atom is -0.456 e. The molecule has 4 rings (SSSR count). The molecule has 2 heterocycles. The highest BCUT2D eigenvalue weighted by Crippen LogP contribution is 2.21. The van der Waals surface area contributed by atoms with Gasteiger partial charge in [-0.15, -0.1) is 0 Å². The van der Waals surface area contributed by atoms with E-state index in [1.54, 1.807) is 6.07 Å². The Balaban J connectivity index is 0.000000177. The van der Waals surface area contributed by atoms with Crippen LogP contribution < -0.4 is 5.43 Å². The summed E-state index contributed by atoms with van der Waals surface area (Å²) in [4.78, 5) is 11.9. The molecular formula is C21H22O8. The molecule has 0 bridgehead atoms. The maximum atomic E-state index is 11.9. The number of aliphatic hydroxyl groups is 5. The molecule has 1 saturated heterocycles. The van der Waals surface area contributed by atoms with E-state index in [9.17, 15) is 4.79 Å². The quantitative estimate of drug-likeness (QED) is 0.411. The van der Waals surface area contributed by atoms with Crippen LogP contribution in [0.1, 0.15) is 0 Å². The highest BCUT2D eigenvalue weighted by molar-refractivity contribution is 5.78. The van der Waals surface area contributed by atoms with Crippen LogP contribution >= 0.6 is 0 Å². The lowest BCUT2D eigenvalue weighted by Crippen LogP contribution is -2.58. The molecule has 5 atom stereocenters. The molecule has 1 fully saturated rings. The highest BCUT2D eigenvalue weighted by Gasteiger charge is 2.42. The van der Waals surface area contributed by atoms with Crippen LogP contribution in [0, 0.1) is 0 Å². The minimum atomic E-state index is -1.57. The van der Waals surface area contributed by atoms with Gasteiger partial charge in [-0.2, -0.15) is 0 Å². The fourth-order valence-electron chi connectivity index (χ4n) is 2.93. The average Bonchev–Trinajstić information content (AvgIpc) is 2.76. The predicted octanol–water partition coefficient (Wildman–Crippen LogP) is 0.239. The summed E-state index contributed by atoms with van der Waals surface area (Å²) in [6, 6.07) is 18.4. The lowest BCUT2D eigenvalue weighted by Gasteiger charge is -2.37. The van der Waals surface area contributed by atoms with Gasteiger partial charge in [0.2, 0.25) is 0 Å². The Hall–Kier alpha value is -2.59. The van der Waals surface area contributed by atoms with Crippen molar-refractivity contribution in [3.8, 4) is 11.3 Å². The first-order valence-corrected chi connectivity index (χ1v) is 8.99. The number of aliphatic hydroxyl groups excluding tert-OH is 5. The van der Waals surface area contributed by atoms with Gasteiger partial charge >= 0.3 is 0 Å². The first-order valence-electron chi connectivity index (χ1n) is 8.99. The Kier molecular flexibility index (Phi) is 6.75. The van der Waals surface area contributed by atoms with Crippen LogP contribution in [-0.4, -0.2) is 62.8 Å². The molecular weight excluding hydrogens is 380 g/mol. The molecule has 1 aromatic heterocycles. The van der Waals surface area contributed by atoms with Gasteiger partial charge in [-0.25, -0.2) is 0 Å². The predicted molar refractivity (Wildman–Crippen MR) is 104 cm³/mol. The normalized spacial score (nSPS) is 26.6. The summed E-state index contributed by atoms with van der Waals surface area (Å²) >= 11 is 0.